The van der Waals surface area contributed by atoms with Crippen LogP contribution in [-0.2, 0) is 13.1 Å². The fourth-order valence-electron chi connectivity index (χ4n) is 3.19. The van der Waals surface area contributed by atoms with Crippen molar-refractivity contribution in [3.05, 3.63) is 84.1 Å². The molecule has 0 saturated carbocycles. The van der Waals surface area contributed by atoms with Crippen LogP contribution < -0.4 is 4.74 Å². The first-order chi connectivity index (χ1) is 11.9. The quantitative estimate of drug-likeness (QED) is 0.690. The van der Waals surface area contributed by atoms with Gasteiger partial charge < -0.3 is 4.74 Å². The van der Waals surface area contributed by atoms with Crippen molar-refractivity contribution in [3.8, 4) is 17.0 Å². The van der Waals surface area contributed by atoms with Crippen molar-refractivity contribution in [3.63, 3.8) is 0 Å². The fraction of sp³-hybridized carbons (Fsp3) is 0.190. The van der Waals surface area contributed by atoms with E-state index < -0.39 is 0 Å². The first kappa shape index (κ1) is 17.5. The molecule has 3 nitrogen and oxygen atoms in total. The highest BCUT2D eigenvalue weighted by atomic mass is 35.5. The molecule has 0 unspecified atom stereocenters. The van der Waals surface area contributed by atoms with E-state index in [9.17, 15) is 0 Å². The number of benzene rings is 2. The third-order valence-corrected chi connectivity index (χ3v) is 4.38. The summed E-state index contributed by atoms with van der Waals surface area (Å²) in [7, 11) is 0. The largest absolute Gasteiger partial charge is 0.476 e. The van der Waals surface area contributed by atoms with Gasteiger partial charge in [0.2, 0.25) is 5.88 Å². The SMILES string of the molecule is Cl.c1ccc(CN2CCOc3nccc(-c4ccccc4)c3C2)cc1. The molecule has 0 bridgehead atoms. The Hall–Kier alpha value is -2.36. The van der Waals surface area contributed by atoms with Gasteiger partial charge in [-0.2, -0.15) is 0 Å². The van der Waals surface area contributed by atoms with Crippen molar-refractivity contribution in [2.45, 2.75) is 13.1 Å². The molecule has 0 amide bonds. The summed E-state index contributed by atoms with van der Waals surface area (Å²) in [6, 6.07) is 23.1. The van der Waals surface area contributed by atoms with E-state index in [4.69, 9.17) is 4.74 Å². The Balaban J connectivity index is 0.00000182. The minimum atomic E-state index is 0. The highest BCUT2D eigenvalue weighted by Gasteiger charge is 2.20. The molecule has 1 aromatic heterocycles. The molecule has 128 valence electrons. The highest BCUT2D eigenvalue weighted by Crippen LogP contribution is 2.31. The van der Waals surface area contributed by atoms with E-state index in [0.29, 0.717) is 6.61 Å². The minimum Gasteiger partial charge on any atom is -0.476 e. The molecule has 3 aromatic rings. The van der Waals surface area contributed by atoms with Crippen LogP contribution in [0.5, 0.6) is 5.88 Å². The van der Waals surface area contributed by atoms with Crippen LogP contribution in [-0.4, -0.2) is 23.0 Å². The second-order valence-electron chi connectivity index (χ2n) is 6.05. The predicted octanol–water partition coefficient (Wildman–Crippen LogP) is 4.57. The average molecular weight is 353 g/mol. The number of ether oxygens (including phenoxy) is 1. The number of fused-ring (bicyclic) bond motifs is 1. The maximum Gasteiger partial charge on any atom is 0.218 e. The van der Waals surface area contributed by atoms with Crippen LogP contribution in [0.1, 0.15) is 11.1 Å². The van der Waals surface area contributed by atoms with Crippen molar-refractivity contribution >= 4 is 12.4 Å². The van der Waals surface area contributed by atoms with Gasteiger partial charge in [0.25, 0.3) is 0 Å². The van der Waals surface area contributed by atoms with Gasteiger partial charge in [-0.3, -0.25) is 4.90 Å². The third-order valence-electron chi connectivity index (χ3n) is 4.38. The zero-order chi connectivity index (χ0) is 16.2. The van der Waals surface area contributed by atoms with Crippen LogP contribution >= 0.6 is 12.4 Å². The molecule has 0 N–H and O–H groups in total. The predicted molar refractivity (Wildman–Crippen MR) is 103 cm³/mol. The average Bonchev–Trinajstić information content (AvgIpc) is 2.85. The van der Waals surface area contributed by atoms with Gasteiger partial charge >= 0.3 is 0 Å². The number of aromatic nitrogens is 1. The lowest BCUT2D eigenvalue weighted by Crippen LogP contribution is -2.25. The summed E-state index contributed by atoms with van der Waals surface area (Å²) in [4.78, 5) is 6.88. The van der Waals surface area contributed by atoms with Crippen LogP contribution in [0.15, 0.2) is 72.9 Å². The molecule has 0 spiro atoms. The molecule has 0 saturated heterocycles. The Kier molecular flexibility index (Phi) is 5.69. The molecule has 25 heavy (non-hydrogen) atoms. The summed E-state index contributed by atoms with van der Waals surface area (Å²) < 4.78 is 5.93. The van der Waals surface area contributed by atoms with Gasteiger partial charge in [-0.25, -0.2) is 4.98 Å². The molecular weight excluding hydrogens is 332 g/mol. The minimum absolute atomic E-state index is 0. The molecule has 4 rings (SSSR count). The van der Waals surface area contributed by atoms with Gasteiger partial charge in [0.05, 0.1) is 0 Å². The van der Waals surface area contributed by atoms with Gasteiger partial charge in [0.1, 0.15) is 6.61 Å². The van der Waals surface area contributed by atoms with E-state index in [1.165, 1.54) is 22.3 Å². The van der Waals surface area contributed by atoms with Crippen molar-refractivity contribution in [2.24, 2.45) is 0 Å². The van der Waals surface area contributed by atoms with E-state index in [0.717, 1.165) is 25.5 Å². The van der Waals surface area contributed by atoms with E-state index in [2.05, 4.69) is 70.5 Å². The van der Waals surface area contributed by atoms with Crippen molar-refractivity contribution in [1.82, 2.24) is 9.88 Å². The van der Waals surface area contributed by atoms with Crippen LogP contribution in [0.3, 0.4) is 0 Å². The Bertz CT molecular complexity index is 809. The van der Waals surface area contributed by atoms with E-state index in [-0.39, 0.29) is 12.4 Å². The standard InChI is InChI=1S/C21H20N2O.ClH/c1-3-7-17(8-4-1)15-23-13-14-24-21-20(16-23)19(11-12-22-21)18-9-5-2-6-10-18;/h1-12H,13-16H2;1H. The zero-order valence-corrected chi connectivity index (χ0v) is 14.8. The summed E-state index contributed by atoms with van der Waals surface area (Å²) in [6.07, 6.45) is 1.84. The third kappa shape index (κ3) is 4.01. The molecule has 1 aliphatic heterocycles. The van der Waals surface area contributed by atoms with Crippen molar-refractivity contribution in [1.29, 1.82) is 0 Å². The molecule has 0 radical (unpaired) electrons. The first-order valence-electron chi connectivity index (χ1n) is 8.32. The van der Waals surface area contributed by atoms with E-state index in [1.807, 2.05) is 12.3 Å². The van der Waals surface area contributed by atoms with Gasteiger partial charge in [-0.15, -0.1) is 12.4 Å². The van der Waals surface area contributed by atoms with Gasteiger partial charge in [0.15, 0.2) is 0 Å². The Morgan fingerprint density at radius 3 is 2.40 bits per heavy atom. The normalized spacial score (nSPS) is 13.9. The number of halogens is 1. The number of pyridine rings is 1. The summed E-state index contributed by atoms with van der Waals surface area (Å²) in [5.41, 5.74) is 4.92. The number of hydrogen-bond donors (Lipinski definition) is 0. The molecular formula is C21H21ClN2O. The monoisotopic (exact) mass is 352 g/mol. The Labute approximate surface area is 154 Å². The number of nitrogens with zero attached hydrogens (tertiary/aromatic N) is 2. The Morgan fingerprint density at radius 1 is 0.920 bits per heavy atom. The summed E-state index contributed by atoms with van der Waals surface area (Å²) in [5.74, 6) is 0.770. The van der Waals surface area contributed by atoms with Crippen molar-refractivity contribution in [2.75, 3.05) is 13.2 Å². The second kappa shape index (κ2) is 8.15. The summed E-state index contributed by atoms with van der Waals surface area (Å²) >= 11 is 0. The number of rotatable bonds is 3. The summed E-state index contributed by atoms with van der Waals surface area (Å²) in [5, 5.41) is 0. The molecule has 0 aliphatic carbocycles. The van der Waals surface area contributed by atoms with E-state index in [1.54, 1.807) is 0 Å². The summed E-state index contributed by atoms with van der Waals surface area (Å²) in [6.45, 7) is 3.35. The van der Waals surface area contributed by atoms with Gasteiger partial charge in [0, 0.05) is 31.4 Å². The molecule has 1 aliphatic rings. The zero-order valence-electron chi connectivity index (χ0n) is 14.0. The fourth-order valence-corrected chi connectivity index (χ4v) is 3.19. The van der Waals surface area contributed by atoms with Crippen LogP contribution in [0.25, 0.3) is 11.1 Å². The lowest BCUT2D eigenvalue weighted by molar-refractivity contribution is 0.217. The molecule has 0 atom stereocenters. The van der Waals surface area contributed by atoms with E-state index >= 15 is 0 Å². The lowest BCUT2D eigenvalue weighted by atomic mass is 10.0. The second-order valence-corrected chi connectivity index (χ2v) is 6.05. The topological polar surface area (TPSA) is 25.4 Å². The highest BCUT2D eigenvalue weighted by molar-refractivity contribution is 5.85. The maximum atomic E-state index is 5.93. The van der Waals surface area contributed by atoms with Crippen LogP contribution in [0.2, 0.25) is 0 Å². The van der Waals surface area contributed by atoms with Gasteiger partial charge in [-0.1, -0.05) is 60.7 Å². The first-order valence-corrected chi connectivity index (χ1v) is 8.32. The molecule has 2 aromatic carbocycles. The van der Waals surface area contributed by atoms with Crippen molar-refractivity contribution < 1.29 is 4.74 Å². The maximum absolute atomic E-state index is 5.93. The lowest BCUT2D eigenvalue weighted by Gasteiger charge is -2.20. The van der Waals surface area contributed by atoms with Gasteiger partial charge in [-0.05, 0) is 22.8 Å². The van der Waals surface area contributed by atoms with Crippen LogP contribution in [0, 0.1) is 0 Å². The molecule has 2 heterocycles. The molecule has 4 heteroatoms. The molecule has 0 fully saturated rings. The number of hydrogen-bond acceptors (Lipinski definition) is 3. The van der Waals surface area contributed by atoms with Crippen LogP contribution in [0.4, 0.5) is 0 Å². The smallest absolute Gasteiger partial charge is 0.218 e. The Morgan fingerprint density at radius 2 is 1.64 bits per heavy atom.